The second kappa shape index (κ2) is 3.23. The molecule has 0 aromatic rings. The molecule has 0 aliphatic carbocycles. The molecule has 0 amide bonds. The predicted molar refractivity (Wildman–Crippen MR) is 35.3 cm³/mol. The Labute approximate surface area is 54.6 Å². The first-order chi connectivity index (χ1) is 4.12. The zero-order valence-electron chi connectivity index (χ0n) is 5.51. The smallest absolute Gasteiger partial charge is 0.0909 e. The van der Waals surface area contributed by atoms with Gasteiger partial charge in [0.2, 0.25) is 0 Å². The van der Waals surface area contributed by atoms with Crippen molar-refractivity contribution in [1.29, 1.82) is 5.26 Å². The average Bonchev–Trinajstić information content (AvgIpc) is 1.84. The van der Waals surface area contributed by atoms with Crippen LogP contribution in [0.4, 0.5) is 0 Å². The number of nitrogens with zero attached hydrogens (tertiary/aromatic N) is 1. The van der Waals surface area contributed by atoms with Crippen LogP contribution in [-0.2, 0) is 0 Å². The average molecular weight is 125 g/mol. The Morgan fingerprint density at radius 3 is 2.56 bits per heavy atom. The zero-order valence-corrected chi connectivity index (χ0v) is 5.51. The molecule has 0 radical (unpaired) electrons. The summed E-state index contributed by atoms with van der Waals surface area (Å²) in [5.74, 6) is 0. The van der Waals surface area contributed by atoms with Crippen LogP contribution in [0.5, 0.6) is 0 Å². The highest BCUT2D eigenvalue weighted by molar-refractivity contribution is 5.10. The van der Waals surface area contributed by atoms with Gasteiger partial charge in [0, 0.05) is 11.6 Å². The molecule has 0 aromatic heterocycles. The minimum atomic E-state index is -0.615. The fourth-order valence-electron chi connectivity index (χ4n) is 0.280. The molecule has 9 heavy (non-hydrogen) atoms. The molecule has 0 saturated carbocycles. The lowest BCUT2D eigenvalue weighted by Crippen LogP contribution is -2.31. The Morgan fingerprint density at radius 1 is 1.67 bits per heavy atom. The first-order valence-electron chi connectivity index (χ1n) is 2.59. The van der Waals surface area contributed by atoms with Gasteiger partial charge in [-0.3, -0.25) is 0 Å². The Hall–Kier alpha value is -0.850. The van der Waals surface area contributed by atoms with Crippen LogP contribution in [0.2, 0.25) is 0 Å². The second-order valence-electron chi connectivity index (χ2n) is 2.29. The molecule has 50 valence electrons. The number of allylic oxidation sites excluding steroid dienone is 1. The molecule has 0 rings (SSSR count). The van der Waals surface area contributed by atoms with Crippen LogP contribution < -0.4 is 5.48 Å². The molecule has 0 spiro atoms. The summed E-state index contributed by atoms with van der Waals surface area (Å²) < 4.78 is 0. The van der Waals surface area contributed by atoms with E-state index in [9.17, 15) is 5.21 Å². The maximum Gasteiger partial charge on any atom is 0.0909 e. The highest BCUT2D eigenvalue weighted by atomic mass is 16.5. The van der Waals surface area contributed by atoms with Crippen molar-refractivity contribution in [3.8, 4) is 6.07 Å². The van der Waals surface area contributed by atoms with E-state index in [2.05, 4.69) is 0 Å². The van der Waals surface area contributed by atoms with E-state index >= 15 is 0 Å². The van der Waals surface area contributed by atoms with Gasteiger partial charge in [0.05, 0.1) is 6.07 Å². The molecule has 0 atom stereocenters. The van der Waals surface area contributed by atoms with Gasteiger partial charge >= 0.3 is 0 Å². The highest BCUT2D eigenvalue weighted by Crippen LogP contribution is 2.01. The van der Waals surface area contributed by atoms with Crippen LogP contribution in [0, 0.1) is 16.5 Å². The molecule has 3 heteroatoms. The molecule has 0 heterocycles. The van der Waals surface area contributed by atoms with Gasteiger partial charge < -0.3 is 10.7 Å². The highest BCUT2D eigenvalue weighted by Gasteiger charge is 2.04. The third-order valence-corrected chi connectivity index (χ3v) is 0.838. The van der Waals surface area contributed by atoms with Crippen LogP contribution >= 0.6 is 0 Å². The Kier molecular flexibility index (Phi) is 2.93. The van der Waals surface area contributed by atoms with Gasteiger partial charge in [0.1, 0.15) is 0 Å². The molecule has 3 nitrogen and oxygen atoms in total. The molecule has 1 N–H and O–H groups in total. The Balaban J connectivity index is 3.89. The minimum absolute atomic E-state index is 0.615. The van der Waals surface area contributed by atoms with E-state index in [1.54, 1.807) is 25.4 Å². The van der Waals surface area contributed by atoms with Crippen molar-refractivity contribution in [2.75, 3.05) is 0 Å². The van der Waals surface area contributed by atoms with Crippen molar-refractivity contribution in [3.63, 3.8) is 0 Å². The third-order valence-electron chi connectivity index (χ3n) is 0.838. The first-order valence-corrected chi connectivity index (χ1v) is 2.59. The molecule has 0 aromatic carbocycles. The van der Waals surface area contributed by atoms with Crippen LogP contribution in [-0.4, -0.2) is 5.54 Å². The molecule has 0 aliphatic rings. The topological polar surface area (TPSA) is 58.9 Å². The number of rotatable bonds is 2. The van der Waals surface area contributed by atoms with E-state index in [1.165, 1.54) is 12.2 Å². The van der Waals surface area contributed by atoms with Gasteiger partial charge in [-0.2, -0.15) is 5.26 Å². The lowest BCUT2D eigenvalue weighted by molar-refractivity contribution is 0.555. The number of nitrogens with one attached hydrogen (secondary N) is 1. The van der Waals surface area contributed by atoms with Crippen molar-refractivity contribution >= 4 is 0 Å². The number of hydroxylamine groups is 1. The summed E-state index contributed by atoms with van der Waals surface area (Å²) in [5, 5.41) is 18.1. The van der Waals surface area contributed by atoms with Gasteiger partial charge in [0.25, 0.3) is 0 Å². The van der Waals surface area contributed by atoms with Crippen LogP contribution in [0.25, 0.3) is 0 Å². The van der Waals surface area contributed by atoms with E-state index in [0.717, 1.165) is 0 Å². The quantitative estimate of drug-likeness (QED) is 0.441. The van der Waals surface area contributed by atoms with Crippen molar-refractivity contribution in [3.05, 3.63) is 17.4 Å². The van der Waals surface area contributed by atoms with Crippen LogP contribution in [0.1, 0.15) is 13.8 Å². The fourth-order valence-corrected chi connectivity index (χ4v) is 0.280. The van der Waals surface area contributed by atoms with E-state index < -0.39 is 5.54 Å². The molecule has 0 fully saturated rings. The Morgan fingerprint density at radius 2 is 2.22 bits per heavy atom. The monoisotopic (exact) mass is 125 g/mol. The van der Waals surface area contributed by atoms with Crippen molar-refractivity contribution in [1.82, 2.24) is 5.48 Å². The summed E-state index contributed by atoms with van der Waals surface area (Å²) in [6.45, 7) is 3.38. The number of hydrogen-bond acceptors (Lipinski definition) is 3. The van der Waals surface area contributed by atoms with Crippen molar-refractivity contribution in [2.24, 2.45) is 0 Å². The van der Waals surface area contributed by atoms with E-state index in [1.807, 2.05) is 0 Å². The second-order valence-corrected chi connectivity index (χ2v) is 2.29. The largest absolute Gasteiger partial charge is 0.787 e. The summed E-state index contributed by atoms with van der Waals surface area (Å²) in [4.78, 5) is 0. The van der Waals surface area contributed by atoms with Gasteiger partial charge in [-0.25, -0.2) is 0 Å². The SMILES string of the molecule is CC(C)(C=CC#N)N[O-]. The van der Waals surface area contributed by atoms with Gasteiger partial charge in [-0.15, -0.1) is 0 Å². The summed E-state index contributed by atoms with van der Waals surface area (Å²) in [7, 11) is 0. The summed E-state index contributed by atoms with van der Waals surface area (Å²) in [6.07, 6.45) is 2.80. The van der Waals surface area contributed by atoms with Crippen LogP contribution in [0.3, 0.4) is 0 Å². The first kappa shape index (κ1) is 8.15. The molecule has 0 bridgehead atoms. The molecule has 0 saturated heterocycles. The van der Waals surface area contributed by atoms with Gasteiger partial charge in [-0.1, -0.05) is 6.08 Å². The third kappa shape index (κ3) is 3.71. The maximum absolute atomic E-state index is 10.0. The summed E-state index contributed by atoms with van der Waals surface area (Å²) in [5.41, 5.74) is 1.17. The molecule has 0 aliphatic heterocycles. The van der Waals surface area contributed by atoms with E-state index in [0.29, 0.717) is 0 Å². The standard InChI is InChI=1S/C6H9N2O/c1-6(2,8-9)4-3-5-7/h3-4,8H,1-2H3/q-1. The number of nitriles is 1. The fraction of sp³-hybridized carbons (Fsp3) is 0.500. The predicted octanol–water partition coefficient (Wildman–Crippen LogP) is 0.932. The van der Waals surface area contributed by atoms with Crippen molar-refractivity contribution < 1.29 is 0 Å². The number of hydrogen-bond donors (Lipinski definition) is 1. The van der Waals surface area contributed by atoms with E-state index in [-0.39, 0.29) is 0 Å². The zero-order chi connectivity index (χ0) is 7.33. The normalized spacial score (nSPS) is 11.8. The summed E-state index contributed by atoms with van der Waals surface area (Å²) >= 11 is 0. The maximum atomic E-state index is 10.0. The van der Waals surface area contributed by atoms with Gasteiger partial charge in [-0.05, 0) is 13.8 Å². The van der Waals surface area contributed by atoms with Crippen LogP contribution in [0.15, 0.2) is 12.2 Å². The van der Waals surface area contributed by atoms with E-state index in [4.69, 9.17) is 5.26 Å². The Bertz CT molecular complexity index is 144. The van der Waals surface area contributed by atoms with Gasteiger partial charge in [0.15, 0.2) is 0 Å². The summed E-state index contributed by atoms with van der Waals surface area (Å²) in [6, 6.07) is 1.80. The van der Waals surface area contributed by atoms with Crippen molar-refractivity contribution in [2.45, 2.75) is 19.4 Å². The molecular weight excluding hydrogens is 116 g/mol. The minimum Gasteiger partial charge on any atom is -0.787 e. The lowest BCUT2D eigenvalue weighted by atomic mass is 10.1. The molecular formula is C6H9N2O-. The lowest BCUT2D eigenvalue weighted by Gasteiger charge is -2.25. The molecule has 0 unspecified atom stereocenters.